The zero-order valence-corrected chi connectivity index (χ0v) is 6.10. The Labute approximate surface area is 63.9 Å². The maximum Gasteiger partial charge on any atom is 0.306 e. The number of carboxylic acids is 1. The van der Waals surface area contributed by atoms with E-state index in [2.05, 4.69) is 17.5 Å². The van der Waals surface area contributed by atoms with Crippen molar-refractivity contribution in [3.05, 3.63) is 0 Å². The second-order valence-electron chi connectivity index (χ2n) is 1.78. The molecule has 0 aliphatic heterocycles. The molecule has 5 heteroatoms. The summed E-state index contributed by atoms with van der Waals surface area (Å²) in [6.07, 6.45) is -1.12. The van der Waals surface area contributed by atoms with E-state index in [1.165, 1.54) is 5.49 Å². The highest BCUT2D eigenvalue weighted by Crippen LogP contribution is 1.87. The summed E-state index contributed by atoms with van der Waals surface area (Å²) in [5.41, 5.74) is 1.24. The number of carbonyl (C=O) groups is 1. The molecule has 0 aromatic rings. The molecule has 0 amide bonds. The Hall–Kier alpha value is -0.680. The lowest BCUT2D eigenvalue weighted by molar-refractivity contribution is -0.139. The van der Waals surface area contributed by atoms with Gasteiger partial charge in [-0.1, -0.05) is 12.2 Å². The topological polar surface area (TPSA) is 69.6 Å². The van der Waals surface area contributed by atoms with Crippen LogP contribution in [0.25, 0.3) is 0 Å². The maximum atomic E-state index is 9.95. The summed E-state index contributed by atoms with van der Waals surface area (Å²) < 4.78 is 0. The second kappa shape index (κ2) is 5.13. The van der Waals surface area contributed by atoms with E-state index >= 15 is 0 Å². The average molecular weight is 163 g/mol. The summed E-state index contributed by atoms with van der Waals surface area (Å²) in [7, 11) is 0. The zero-order valence-electron chi connectivity index (χ0n) is 5.28. The summed E-state index contributed by atoms with van der Waals surface area (Å²) in [6.45, 7) is 0.190. The lowest BCUT2D eigenvalue weighted by Crippen LogP contribution is -2.27. The van der Waals surface area contributed by atoms with E-state index in [1.54, 1.807) is 0 Å². The number of aliphatic carboxylic acids is 1. The fourth-order valence-electron chi connectivity index (χ4n) is 0.458. The summed E-state index contributed by atoms with van der Waals surface area (Å²) in [5.74, 6) is -1.02. The van der Waals surface area contributed by atoms with Crippen LogP contribution < -0.4 is 5.32 Å². The molecule has 0 aromatic heterocycles. The van der Waals surface area contributed by atoms with E-state index in [1.807, 2.05) is 0 Å². The van der Waals surface area contributed by atoms with Crippen LogP contribution in [0.1, 0.15) is 6.42 Å². The lowest BCUT2D eigenvalue weighted by atomic mass is 10.2. The molecular formula is C5H9NO3S. The van der Waals surface area contributed by atoms with Crippen molar-refractivity contribution in [3.63, 3.8) is 0 Å². The summed E-state index contributed by atoms with van der Waals surface area (Å²) in [6, 6.07) is 0. The first kappa shape index (κ1) is 9.32. The Bertz CT molecular complexity index is 128. The Kier molecular flexibility index (Phi) is 4.78. The van der Waals surface area contributed by atoms with Crippen molar-refractivity contribution in [1.82, 2.24) is 5.32 Å². The highest BCUT2D eigenvalue weighted by molar-refractivity contribution is 7.78. The highest BCUT2D eigenvalue weighted by atomic mass is 32.1. The van der Waals surface area contributed by atoms with Crippen LogP contribution in [0.15, 0.2) is 0 Å². The van der Waals surface area contributed by atoms with Crippen LogP contribution in [-0.2, 0) is 4.79 Å². The smallest absolute Gasteiger partial charge is 0.306 e. The number of rotatable bonds is 5. The number of carboxylic acid groups (broad SMARTS) is 1. The molecule has 58 valence electrons. The molecule has 0 saturated heterocycles. The number of hydrogen-bond acceptors (Lipinski definition) is 3. The van der Waals surface area contributed by atoms with Crippen molar-refractivity contribution in [2.45, 2.75) is 12.5 Å². The van der Waals surface area contributed by atoms with Gasteiger partial charge in [0, 0.05) is 6.54 Å². The predicted molar refractivity (Wildman–Crippen MR) is 39.9 cm³/mol. The van der Waals surface area contributed by atoms with Gasteiger partial charge in [-0.3, -0.25) is 4.79 Å². The van der Waals surface area contributed by atoms with Gasteiger partial charge in [0.2, 0.25) is 0 Å². The molecule has 0 aliphatic rings. The molecule has 0 aliphatic carbocycles. The monoisotopic (exact) mass is 163 g/mol. The van der Waals surface area contributed by atoms with Crippen molar-refractivity contribution >= 4 is 23.7 Å². The molecule has 0 heterocycles. The van der Waals surface area contributed by atoms with E-state index < -0.39 is 12.1 Å². The zero-order chi connectivity index (χ0) is 7.98. The molecule has 10 heavy (non-hydrogen) atoms. The Morgan fingerprint density at radius 3 is 2.80 bits per heavy atom. The first-order chi connectivity index (χ1) is 4.66. The van der Waals surface area contributed by atoms with Gasteiger partial charge in [-0.05, 0) is 0 Å². The molecular weight excluding hydrogens is 154 g/mol. The van der Waals surface area contributed by atoms with Crippen LogP contribution in [0, 0.1) is 0 Å². The number of nitrogens with one attached hydrogen (secondary N) is 1. The van der Waals surface area contributed by atoms with Gasteiger partial charge in [0.15, 0.2) is 0 Å². The number of aliphatic hydroxyl groups is 1. The molecule has 0 aromatic carbocycles. The SMILES string of the molecule is O=C(O)CC(O)CNC=S. The average Bonchev–Trinajstić information content (AvgIpc) is 1.82. The van der Waals surface area contributed by atoms with Gasteiger partial charge >= 0.3 is 5.97 Å². The summed E-state index contributed by atoms with van der Waals surface area (Å²) >= 11 is 4.39. The third-order valence-corrected chi connectivity index (χ3v) is 1.01. The quantitative estimate of drug-likeness (QED) is 0.471. The van der Waals surface area contributed by atoms with Crippen molar-refractivity contribution in [2.75, 3.05) is 6.54 Å². The number of hydrogen-bond donors (Lipinski definition) is 3. The molecule has 0 radical (unpaired) electrons. The molecule has 0 fully saturated rings. The van der Waals surface area contributed by atoms with Gasteiger partial charge in [-0.15, -0.1) is 0 Å². The van der Waals surface area contributed by atoms with Crippen LogP contribution >= 0.6 is 12.2 Å². The van der Waals surface area contributed by atoms with Crippen LogP contribution in [0.2, 0.25) is 0 Å². The van der Waals surface area contributed by atoms with Crippen LogP contribution in [0.5, 0.6) is 0 Å². The standard InChI is InChI=1S/C5H9NO3S/c7-4(1-5(8)9)2-6-3-10/h3-4,7H,1-2H2,(H,6,10)(H,8,9). The Morgan fingerprint density at radius 1 is 1.80 bits per heavy atom. The lowest BCUT2D eigenvalue weighted by Gasteiger charge is -2.05. The number of aliphatic hydroxyl groups excluding tert-OH is 1. The van der Waals surface area contributed by atoms with Gasteiger partial charge in [0.1, 0.15) is 0 Å². The van der Waals surface area contributed by atoms with Crippen molar-refractivity contribution in [3.8, 4) is 0 Å². The Balaban J connectivity index is 3.33. The highest BCUT2D eigenvalue weighted by Gasteiger charge is 2.06. The fraction of sp³-hybridized carbons (Fsp3) is 0.600. The minimum Gasteiger partial charge on any atom is -0.481 e. The molecule has 4 nitrogen and oxygen atoms in total. The molecule has 3 N–H and O–H groups in total. The van der Waals surface area contributed by atoms with Crippen molar-refractivity contribution < 1.29 is 15.0 Å². The third kappa shape index (κ3) is 5.46. The first-order valence-electron chi connectivity index (χ1n) is 2.73. The van der Waals surface area contributed by atoms with Crippen molar-refractivity contribution in [2.24, 2.45) is 0 Å². The molecule has 1 atom stereocenters. The second-order valence-corrected chi connectivity index (χ2v) is 2.01. The minimum atomic E-state index is -1.02. The van der Waals surface area contributed by atoms with Crippen LogP contribution in [0.4, 0.5) is 0 Å². The molecule has 0 bridgehead atoms. The maximum absolute atomic E-state index is 9.95. The normalized spacial score (nSPS) is 12.1. The van der Waals surface area contributed by atoms with E-state index in [0.29, 0.717) is 0 Å². The molecule has 0 saturated carbocycles. The van der Waals surface area contributed by atoms with Crippen LogP contribution in [-0.4, -0.2) is 34.3 Å². The molecule has 0 rings (SSSR count). The molecule has 0 spiro atoms. The minimum absolute atomic E-state index is 0.190. The summed E-state index contributed by atoms with van der Waals surface area (Å²) in [5, 5.41) is 19.5. The van der Waals surface area contributed by atoms with Gasteiger partial charge in [0.05, 0.1) is 18.0 Å². The third-order valence-electron chi connectivity index (χ3n) is 0.847. The Morgan fingerprint density at radius 2 is 2.40 bits per heavy atom. The van der Waals surface area contributed by atoms with Gasteiger partial charge < -0.3 is 15.5 Å². The van der Waals surface area contributed by atoms with Gasteiger partial charge in [-0.2, -0.15) is 0 Å². The van der Waals surface area contributed by atoms with E-state index in [4.69, 9.17) is 10.2 Å². The fourth-order valence-corrected chi connectivity index (χ4v) is 0.554. The summed E-state index contributed by atoms with van der Waals surface area (Å²) in [4.78, 5) is 9.95. The molecule has 1 unspecified atom stereocenters. The predicted octanol–water partition coefficient (Wildman–Crippen LogP) is -0.631. The van der Waals surface area contributed by atoms with E-state index in [-0.39, 0.29) is 13.0 Å². The van der Waals surface area contributed by atoms with Crippen molar-refractivity contribution in [1.29, 1.82) is 0 Å². The van der Waals surface area contributed by atoms with Crippen LogP contribution in [0.3, 0.4) is 0 Å². The number of thiocarbonyl (C=S) groups is 1. The van der Waals surface area contributed by atoms with Gasteiger partial charge in [-0.25, -0.2) is 0 Å². The van der Waals surface area contributed by atoms with Gasteiger partial charge in [0.25, 0.3) is 0 Å². The first-order valence-corrected chi connectivity index (χ1v) is 3.21. The largest absolute Gasteiger partial charge is 0.481 e. The van der Waals surface area contributed by atoms with E-state index in [0.717, 1.165) is 0 Å². The van der Waals surface area contributed by atoms with E-state index in [9.17, 15) is 4.79 Å².